The van der Waals surface area contributed by atoms with E-state index in [1.165, 1.54) is 0 Å². The Morgan fingerprint density at radius 1 is 1.37 bits per heavy atom. The molecular weight excluding hydrogens is 366 g/mol. The van der Waals surface area contributed by atoms with Gasteiger partial charge in [-0.3, -0.25) is 9.59 Å². The number of likely N-dealkylation sites (tertiary alicyclic amines) is 1. The molecule has 0 spiro atoms. The number of halogens is 1. The van der Waals surface area contributed by atoms with Gasteiger partial charge in [-0.1, -0.05) is 28.9 Å². The Bertz CT molecular complexity index is 803. The Labute approximate surface area is 164 Å². The van der Waals surface area contributed by atoms with Crippen LogP contribution in [-0.2, 0) is 22.6 Å². The quantitative estimate of drug-likeness (QED) is 0.761. The first-order valence-corrected chi connectivity index (χ1v) is 9.49. The van der Waals surface area contributed by atoms with Crippen LogP contribution in [-0.4, -0.2) is 46.9 Å². The molecule has 6 nitrogen and oxygen atoms in total. The molecule has 0 N–H and O–H groups in total. The highest BCUT2D eigenvalue weighted by atomic mass is 35.5. The van der Waals surface area contributed by atoms with E-state index in [4.69, 9.17) is 16.1 Å². The van der Waals surface area contributed by atoms with Crippen LogP contribution >= 0.6 is 11.6 Å². The largest absolute Gasteiger partial charge is 0.359 e. The molecule has 7 heteroatoms. The molecule has 1 aliphatic rings. The number of aromatic nitrogens is 1. The average molecular weight is 390 g/mol. The van der Waals surface area contributed by atoms with Gasteiger partial charge in [-0.15, -0.1) is 0 Å². The maximum Gasteiger partial charge on any atom is 0.227 e. The van der Waals surface area contributed by atoms with Crippen LogP contribution in [0.15, 0.2) is 34.9 Å². The van der Waals surface area contributed by atoms with Crippen LogP contribution in [0, 0.1) is 12.8 Å². The third kappa shape index (κ3) is 5.10. The fraction of sp³-hybridized carbons (Fsp3) is 0.450. The lowest BCUT2D eigenvalue weighted by Crippen LogP contribution is -2.46. The second kappa shape index (κ2) is 8.57. The van der Waals surface area contributed by atoms with Crippen LogP contribution in [0.1, 0.15) is 29.9 Å². The summed E-state index contributed by atoms with van der Waals surface area (Å²) in [6.07, 6.45) is 1.75. The average Bonchev–Trinajstić information content (AvgIpc) is 3.06. The molecule has 1 saturated heterocycles. The van der Waals surface area contributed by atoms with Crippen LogP contribution in [0.5, 0.6) is 0 Å². The zero-order valence-corrected chi connectivity index (χ0v) is 16.4. The summed E-state index contributed by atoms with van der Waals surface area (Å²) in [5.41, 5.74) is 1.92. The molecular formula is C20H24ClN3O3. The highest BCUT2D eigenvalue weighted by Gasteiger charge is 2.31. The summed E-state index contributed by atoms with van der Waals surface area (Å²) in [5, 5.41) is 4.55. The first-order valence-electron chi connectivity index (χ1n) is 9.12. The third-order valence-corrected chi connectivity index (χ3v) is 5.13. The molecule has 0 unspecified atom stereocenters. The van der Waals surface area contributed by atoms with Crippen LogP contribution in [0.4, 0.5) is 0 Å². The Kier molecular flexibility index (Phi) is 6.16. The van der Waals surface area contributed by atoms with Crippen molar-refractivity contribution in [3.63, 3.8) is 0 Å². The van der Waals surface area contributed by atoms with E-state index in [0.29, 0.717) is 43.3 Å². The lowest BCUT2D eigenvalue weighted by molar-refractivity contribution is -0.142. The number of aryl methyl sites for hydroxylation is 1. The Morgan fingerprint density at radius 3 is 2.78 bits per heavy atom. The second-order valence-corrected chi connectivity index (χ2v) is 7.52. The van der Waals surface area contributed by atoms with Gasteiger partial charge in [-0.05, 0) is 37.5 Å². The van der Waals surface area contributed by atoms with Crippen LogP contribution in [0.2, 0.25) is 5.02 Å². The number of hydrogen-bond acceptors (Lipinski definition) is 4. The first-order chi connectivity index (χ1) is 12.9. The van der Waals surface area contributed by atoms with E-state index >= 15 is 0 Å². The van der Waals surface area contributed by atoms with Crippen molar-refractivity contribution >= 4 is 23.4 Å². The lowest BCUT2D eigenvalue weighted by atomic mass is 9.95. The van der Waals surface area contributed by atoms with Gasteiger partial charge in [0, 0.05) is 37.6 Å². The summed E-state index contributed by atoms with van der Waals surface area (Å²) < 4.78 is 5.19. The summed E-state index contributed by atoms with van der Waals surface area (Å²) in [6, 6.07) is 9.45. The van der Waals surface area contributed by atoms with Gasteiger partial charge in [-0.2, -0.15) is 0 Å². The lowest BCUT2D eigenvalue weighted by Gasteiger charge is -2.33. The predicted octanol–water partition coefficient (Wildman–Crippen LogP) is 3.08. The molecule has 0 bridgehead atoms. The van der Waals surface area contributed by atoms with Gasteiger partial charge in [0.15, 0.2) is 5.76 Å². The van der Waals surface area contributed by atoms with Gasteiger partial charge in [0.25, 0.3) is 0 Å². The molecule has 0 aliphatic carbocycles. The number of benzene rings is 1. The smallest absolute Gasteiger partial charge is 0.227 e. The Morgan fingerprint density at radius 2 is 2.11 bits per heavy atom. The van der Waals surface area contributed by atoms with E-state index in [-0.39, 0.29) is 17.7 Å². The topological polar surface area (TPSA) is 66.7 Å². The number of amides is 2. The Hall–Kier alpha value is -2.34. The van der Waals surface area contributed by atoms with Gasteiger partial charge >= 0.3 is 0 Å². The number of hydrogen-bond donors (Lipinski definition) is 0. The molecule has 27 heavy (non-hydrogen) atoms. The van der Waals surface area contributed by atoms with Gasteiger partial charge in [0.05, 0.1) is 18.2 Å². The fourth-order valence-electron chi connectivity index (χ4n) is 3.36. The zero-order chi connectivity index (χ0) is 19.4. The standard InChI is InChI=1S/C20H24ClN3O3/c1-14-11-18(27-22-14)13-23(2)20(26)16-5-8-19(25)24(12-16)10-9-15-3-6-17(21)7-4-15/h3-4,6-7,11,16H,5,8-10,12-13H2,1-2H3/t16-/m1/s1. The van der Waals surface area contributed by atoms with E-state index in [2.05, 4.69) is 5.16 Å². The van der Waals surface area contributed by atoms with Crippen LogP contribution in [0.3, 0.4) is 0 Å². The normalized spacial score (nSPS) is 17.2. The number of piperidine rings is 1. The van der Waals surface area contributed by atoms with Crippen molar-refractivity contribution in [3.05, 3.63) is 52.4 Å². The maximum atomic E-state index is 12.8. The van der Waals surface area contributed by atoms with Crippen molar-refractivity contribution < 1.29 is 14.1 Å². The van der Waals surface area contributed by atoms with Crippen molar-refractivity contribution in [1.82, 2.24) is 15.0 Å². The SMILES string of the molecule is Cc1cc(CN(C)C(=O)[C@@H]2CCC(=O)N(CCc3ccc(Cl)cc3)C2)on1. The number of nitrogens with zero attached hydrogens (tertiary/aromatic N) is 3. The van der Waals surface area contributed by atoms with E-state index in [9.17, 15) is 9.59 Å². The number of rotatable bonds is 6. The minimum atomic E-state index is -0.179. The molecule has 2 amide bonds. The van der Waals surface area contributed by atoms with Crippen molar-refractivity contribution in [2.24, 2.45) is 5.92 Å². The highest BCUT2D eigenvalue weighted by molar-refractivity contribution is 6.30. The molecule has 2 aromatic rings. The molecule has 1 atom stereocenters. The molecule has 2 heterocycles. The summed E-state index contributed by atoms with van der Waals surface area (Å²) in [5.74, 6) is 0.631. The molecule has 3 rings (SSSR count). The summed E-state index contributed by atoms with van der Waals surface area (Å²) >= 11 is 5.91. The highest BCUT2D eigenvalue weighted by Crippen LogP contribution is 2.21. The minimum Gasteiger partial charge on any atom is -0.359 e. The third-order valence-electron chi connectivity index (χ3n) is 4.88. The van der Waals surface area contributed by atoms with Crippen LogP contribution in [0.25, 0.3) is 0 Å². The summed E-state index contributed by atoms with van der Waals surface area (Å²) in [6.45, 7) is 3.30. The van der Waals surface area contributed by atoms with Crippen molar-refractivity contribution in [2.45, 2.75) is 32.7 Å². The monoisotopic (exact) mass is 389 g/mol. The van der Waals surface area contributed by atoms with Gasteiger partial charge in [-0.25, -0.2) is 0 Å². The second-order valence-electron chi connectivity index (χ2n) is 7.08. The molecule has 1 aromatic carbocycles. The maximum absolute atomic E-state index is 12.8. The Balaban J connectivity index is 1.55. The van der Waals surface area contributed by atoms with E-state index in [0.717, 1.165) is 17.7 Å². The fourth-order valence-corrected chi connectivity index (χ4v) is 3.49. The van der Waals surface area contributed by atoms with Crippen molar-refractivity contribution in [3.8, 4) is 0 Å². The van der Waals surface area contributed by atoms with E-state index in [1.54, 1.807) is 16.8 Å². The molecule has 1 aromatic heterocycles. The van der Waals surface area contributed by atoms with E-state index in [1.807, 2.05) is 37.3 Å². The van der Waals surface area contributed by atoms with Crippen molar-refractivity contribution in [1.29, 1.82) is 0 Å². The minimum absolute atomic E-state index is 0.0352. The van der Waals surface area contributed by atoms with Gasteiger partial charge in [0.2, 0.25) is 11.8 Å². The number of carbonyl (C=O) groups excluding carboxylic acids is 2. The predicted molar refractivity (Wildman–Crippen MR) is 102 cm³/mol. The summed E-state index contributed by atoms with van der Waals surface area (Å²) in [4.78, 5) is 28.5. The molecule has 1 aliphatic heterocycles. The van der Waals surface area contributed by atoms with E-state index < -0.39 is 0 Å². The number of carbonyl (C=O) groups is 2. The molecule has 1 fully saturated rings. The van der Waals surface area contributed by atoms with Gasteiger partial charge < -0.3 is 14.3 Å². The van der Waals surface area contributed by atoms with Gasteiger partial charge in [0.1, 0.15) is 0 Å². The zero-order valence-electron chi connectivity index (χ0n) is 15.7. The van der Waals surface area contributed by atoms with Crippen molar-refractivity contribution in [2.75, 3.05) is 20.1 Å². The summed E-state index contributed by atoms with van der Waals surface area (Å²) in [7, 11) is 1.76. The molecule has 144 valence electrons. The molecule has 0 saturated carbocycles. The molecule has 0 radical (unpaired) electrons. The first kappa shape index (κ1) is 19.4. The van der Waals surface area contributed by atoms with Crippen LogP contribution < -0.4 is 0 Å².